The molecule has 3 rings (SSSR count). The topological polar surface area (TPSA) is 166 Å². The molecule has 0 bridgehead atoms. The third kappa shape index (κ3) is 5.16. The number of halogens is 4. The Hall–Kier alpha value is -4.60. The number of rotatable bonds is 7. The number of nitrogens with zero attached hydrogens (tertiary/aromatic N) is 5. The summed E-state index contributed by atoms with van der Waals surface area (Å²) in [5.41, 5.74) is 6.24. The highest BCUT2D eigenvalue weighted by atomic mass is 19.4. The number of nitrogens with one attached hydrogen (secondary N) is 2. The molecule has 6 N–H and O–H groups in total. The Kier molecular flexibility index (Phi) is 7.24. The Morgan fingerprint density at radius 3 is 2.46 bits per heavy atom. The van der Waals surface area contributed by atoms with E-state index in [1.165, 1.54) is 24.4 Å². The third-order valence-corrected chi connectivity index (χ3v) is 5.06. The fraction of sp³-hybridized carbons (Fsp3) is 0.182. The number of para-hydroxylation sites is 1. The normalized spacial score (nSPS) is 13.1. The van der Waals surface area contributed by atoms with Gasteiger partial charge < -0.3 is 16.6 Å². The van der Waals surface area contributed by atoms with Crippen LogP contribution in [-0.2, 0) is 6.18 Å². The predicted molar refractivity (Wildman–Crippen MR) is 122 cm³/mol. The summed E-state index contributed by atoms with van der Waals surface area (Å²) in [6.07, 6.45) is -1.36. The van der Waals surface area contributed by atoms with Gasteiger partial charge in [-0.3, -0.25) is 10.4 Å². The van der Waals surface area contributed by atoms with E-state index in [-0.39, 0.29) is 39.5 Å². The number of nitriles is 1. The average Bonchev–Trinajstić information content (AvgIpc) is 3.21. The zero-order chi connectivity index (χ0) is 25.8. The molecule has 0 amide bonds. The SMILES string of the molecule is CCC(C(C=Nc1ccccc1F)=NN)c1[nH]c(C(=N)N)c(-c2cnc(C(F)(F)F)nc2)c1C#N. The monoisotopic (exact) mass is 485 g/mol. The number of aromatic nitrogens is 3. The number of amidine groups is 1. The molecule has 0 saturated carbocycles. The third-order valence-electron chi connectivity index (χ3n) is 5.06. The van der Waals surface area contributed by atoms with Crippen LogP contribution in [0.3, 0.4) is 0 Å². The van der Waals surface area contributed by atoms with Crippen LogP contribution < -0.4 is 11.6 Å². The second-order valence-corrected chi connectivity index (χ2v) is 7.21. The highest BCUT2D eigenvalue weighted by molar-refractivity contribution is 6.33. The molecule has 0 radical (unpaired) electrons. The molecule has 0 aliphatic carbocycles. The lowest BCUT2D eigenvalue weighted by molar-refractivity contribution is -0.144. The first-order valence-corrected chi connectivity index (χ1v) is 10.1. The summed E-state index contributed by atoms with van der Waals surface area (Å²) in [4.78, 5) is 13.6. The summed E-state index contributed by atoms with van der Waals surface area (Å²) < 4.78 is 52.6. The number of alkyl halides is 3. The number of aliphatic imine (C=N–C) groups is 1. The van der Waals surface area contributed by atoms with Crippen LogP contribution in [0.25, 0.3) is 11.1 Å². The largest absolute Gasteiger partial charge is 0.451 e. The second kappa shape index (κ2) is 10.1. The lowest BCUT2D eigenvalue weighted by Gasteiger charge is -2.14. The van der Waals surface area contributed by atoms with E-state index in [1.54, 1.807) is 13.0 Å². The van der Waals surface area contributed by atoms with Crippen LogP contribution in [0.5, 0.6) is 0 Å². The number of hydrogen-bond donors (Lipinski definition) is 4. The summed E-state index contributed by atoms with van der Waals surface area (Å²) in [5.74, 6) is 2.51. The minimum Gasteiger partial charge on any atom is -0.382 e. The lowest BCUT2D eigenvalue weighted by Crippen LogP contribution is -2.18. The van der Waals surface area contributed by atoms with Crippen molar-refractivity contribution in [2.75, 3.05) is 0 Å². The van der Waals surface area contributed by atoms with Crippen LogP contribution in [0, 0.1) is 22.6 Å². The first-order valence-electron chi connectivity index (χ1n) is 10.1. The van der Waals surface area contributed by atoms with E-state index < -0.39 is 29.6 Å². The van der Waals surface area contributed by atoms with Crippen molar-refractivity contribution in [2.24, 2.45) is 21.7 Å². The molecule has 180 valence electrons. The van der Waals surface area contributed by atoms with Gasteiger partial charge in [-0.05, 0) is 18.6 Å². The smallest absolute Gasteiger partial charge is 0.382 e. The molecule has 0 fully saturated rings. The van der Waals surface area contributed by atoms with Gasteiger partial charge in [-0.15, -0.1) is 0 Å². The maximum Gasteiger partial charge on any atom is 0.451 e. The summed E-state index contributed by atoms with van der Waals surface area (Å²) in [6, 6.07) is 7.79. The minimum atomic E-state index is -4.75. The zero-order valence-electron chi connectivity index (χ0n) is 18.2. The molecule has 1 unspecified atom stereocenters. The number of nitrogen functional groups attached to an aromatic ring is 1. The maximum absolute atomic E-state index is 13.9. The van der Waals surface area contributed by atoms with E-state index in [1.807, 2.05) is 6.07 Å². The molecule has 0 spiro atoms. The fourth-order valence-electron chi connectivity index (χ4n) is 3.46. The van der Waals surface area contributed by atoms with Crippen LogP contribution in [0.15, 0.2) is 46.8 Å². The number of H-pyrrole nitrogens is 1. The molecule has 0 aliphatic rings. The molecule has 35 heavy (non-hydrogen) atoms. The van der Waals surface area contributed by atoms with Crippen molar-refractivity contribution in [3.05, 3.63) is 65.3 Å². The first-order chi connectivity index (χ1) is 16.6. The molecular weight excluding hydrogens is 466 g/mol. The van der Waals surface area contributed by atoms with Crippen LogP contribution in [-0.4, -0.2) is 32.7 Å². The maximum atomic E-state index is 13.9. The van der Waals surface area contributed by atoms with Crippen molar-refractivity contribution >= 4 is 23.4 Å². The predicted octanol–water partition coefficient (Wildman–Crippen LogP) is 4.00. The molecule has 0 aliphatic heterocycles. The van der Waals surface area contributed by atoms with Crippen LogP contribution in [0.1, 0.15) is 42.0 Å². The summed E-state index contributed by atoms with van der Waals surface area (Å²) in [6.45, 7) is 1.77. The van der Waals surface area contributed by atoms with Crippen molar-refractivity contribution in [3.63, 3.8) is 0 Å². The van der Waals surface area contributed by atoms with Crippen molar-refractivity contribution in [3.8, 4) is 17.2 Å². The van der Waals surface area contributed by atoms with Gasteiger partial charge in [-0.25, -0.2) is 14.4 Å². The molecule has 1 atom stereocenters. The fourth-order valence-corrected chi connectivity index (χ4v) is 3.46. The van der Waals surface area contributed by atoms with E-state index >= 15 is 0 Å². The van der Waals surface area contributed by atoms with Crippen molar-refractivity contribution in [2.45, 2.75) is 25.4 Å². The van der Waals surface area contributed by atoms with E-state index in [4.69, 9.17) is 17.0 Å². The molecule has 2 heterocycles. The second-order valence-electron chi connectivity index (χ2n) is 7.21. The average molecular weight is 485 g/mol. The Morgan fingerprint density at radius 1 is 1.29 bits per heavy atom. The van der Waals surface area contributed by atoms with E-state index in [9.17, 15) is 22.8 Å². The molecule has 1 aromatic carbocycles. The van der Waals surface area contributed by atoms with Crippen molar-refractivity contribution < 1.29 is 17.6 Å². The van der Waals surface area contributed by atoms with Crippen LogP contribution in [0.2, 0.25) is 0 Å². The zero-order valence-corrected chi connectivity index (χ0v) is 18.2. The van der Waals surface area contributed by atoms with E-state index in [0.29, 0.717) is 6.42 Å². The number of hydrogen-bond acceptors (Lipinski definition) is 7. The van der Waals surface area contributed by atoms with Gasteiger partial charge in [0.25, 0.3) is 0 Å². The van der Waals surface area contributed by atoms with E-state index in [0.717, 1.165) is 12.4 Å². The quantitative estimate of drug-likeness (QED) is 0.130. The van der Waals surface area contributed by atoms with Crippen LogP contribution in [0.4, 0.5) is 23.2 Å². The van der Waals surface area contributed by atoms with Gasteiger partial charge >= 0.3 is 6.18 Å². The van der Waals surface area contributed by atoms with Gasteiger partial charge in [0, 0.05) is 35.1 Å². The van der Waals surface area contributed by atoms with Gasteiger partial charge in [0.15, 0.2) is 0 Å². The van der Waals surface area contributed by atoms with Gasteiger partial charge in [0.2, 0.25) is 5.82 Å². The molecule has 13 heteroatoms. The molecule has 9 nitrogen and oxygen atoms in total. The van der Waals surface area contributed by atoms with Gasteiger partial charge in [0.1, 0.15) is 17.7 Å². The molecule has 0 saturated heterocycles. The van der Waals surface area contributed by atoms with Crippen LogP contribution >= 0.6 is 0 Å². The van der Waals surface area contributed by atoms with Gasteiger partial charge in [-0.2, -0.15) is 23.5 Å². The standard InChI is InChI=1S/C22H19F4N9/c1-2-12(16(35-30)10-31-15-6-4-3-5-14(15)23)18-13(7-27)17(19(34-18)20(28)29)11-8-32-21(33-9-11)22(24,25)26/h3-6,8-10,12,34H,2,30H2,1H3,(H3,28,29). The van der Waals surface area contributed by atoms with E-state index in [2.05, 4.69) is 25.0 Å². The Labute approximate surface area is 196 Å². The molecule has 3 aromatic rings. The Balaban J connectivity index is 2.12. The summed E-state index contributed by atoms with van der Waals surface area (Å²) in [7, 11) is 0. The molecule has 2 aromatic heterocycles. The highest BCUT2D eigenvalue weighted by Crippen LogP contribution is 2.35. The summed E-state index contributed by atoms with van der Waals surface area (Å²) >= 11 is 0. The number of hydrazone groups is 1. The minimum absolute atomic E-state index is 0.00847. The van der Waals surface area contributed by atoms with Gasteiger partial charge in [-0.1, -0.05) is 19.1 Å². The Bertz CT molecular complexity index is 1330. The lowest BCUT2D eigenvalue weighted by atomic mass is 9.92. The van der Waals surface area contributed by atoms with Crippen molar-refractivity contribution in [1.29, 1.82) is 10.7 Å². The summed E-state index contributed by atoms with van der Waals surface area (Å²) in [5, 5.41) is 21.6. The number of nitrogens with two attached hydrogens (primary N) is 2. The number of aromatic amines is 1. The Morgan fingerprint density at radius 2 is 1.94 bits per heavy atom. The highest BCUT2D eigenvalue weighted by Gasteiger charge is 2.35. The molecular formula is C22H19F4N9. The first kappa shape index (κ1) is 25.0. The van der Waals surface area contributed by atoms with Crippen molar-refractivity contribution in [1.82, 2.24) is 15.0 Å². The number of benzene rings is 1. The van der Waals surface area contributed by atoms with Gasteiger partial charge in [0.05, 0.1) is 28.9 Å².